The maximum absolute atomic E-state index is 13.3. The molecule has 0 aliphatic carbocycles. The van der Waals surface area contributed by atoms with Gasteiger partial charge in [0.15, 0.2) is 15.0 Å². The van der Waals surface area contributed by atoms with Crippen LogP contribution in [0.15, 0.2) is 41.4 Å². The van der Waals surface area contributed by atoms with Crippen molar-refractivity contribution in [2.75, 3.05) is 16.4 Å². The molecular weight excluding hydrogens is 466 g/mol. The molecule has 2 atom stereocenters. The van der Waals surface area contributed by atoms with E-state index < -0.39 is 15.7 Å². The molecule has 4 rings (SSSR count). The van der Waals surface area contributed by atoms with Crippen molar-refractivity contribution in [2.45, 2.75) is 17.8 Å². The summed E-state index contributed by atoms with van der Waals surface area (Å²) in [6, 6.07) is 8.71. The Morgan fingerprint density at radius 2 is 1.82 bits per heavy atom. The van der Waals surface area contributed by atoms with E-state index in [1.807, 2.05) is 4.90 Å². The Labute approximate surface area is 181 Å². The van der Waals surface area contributed by atoms with Crippen LogP contribution < -0.4 is 4.90 Å². The lowest BCUT2D eigenvalue weighted by atomic mass is 10.1. The van der Waals surface area contributed by atoms with Crippen LogP contribution in [-0.4, -0.2) is 37.2 Å². The first-order valence-electron chi connectivity index (χ1n) is 8.32. The van der Waals surface area contributed by atoms with Gasteiger partial charge in [-0.15, -0.1) is 0 Å². The molecule has 0 aromatic heterocycles. The topological polar surface area (TPSA) is 49.7 Å². The Balaban J connectivity index is 1.65. The first kappa shape index (κ1) is 20.3. The van der Waals surface area contributed by atoms with Crippen LogP contribution >= 0.6 is 46.6 Å². The zero-order valence-corrected chi connectivity index (χ0v) is 18.2. The lowest BCUT2D eigenvalue weighted by Gasteiger charge is -2.27. The van der Waals surface area contributed by atoms with Crippen molar-refractivity contribution >= 4 is 67.3 Å². The first-order chi connectivity index (χ1) is 13.2. The minimum atomic E-state index is -3.16. The van der Waals surface area contributed by atoms with E-state index in [1.165, 1.54) is 23.9 Å². The summed E-state index contributed by atoms with van der Waals surface area (Å²) in [6.07, 6.45) is 0. The smallest absolute Gasteiger partial charge is 0.164 e. The molecule has 2 heterocycles. The van der Waals surface area contributed by atoms with Crippen LogP contribution in [0.25, 0.3) is 0 Å². The second kappa shape index (κ2) is 7.69. The minimum absolute atomic E-state index is 0.0177. The van der Waals surface area contributed by atoms with Crippen LogP contribution in [0.5, 0.6) is 0 Å². The number of anilines is 1. The van der Waals surface area contributed by atoms with E-state index in [0.717, 1.165) is 5.56 Å². The highest BCUT2D eigenvalue weighted by Crippen LogP contribution is 2.38. The van der Waals surface area contributed by atoms with Crippen LogP contribution in [0.1, 0.15) is 5.56 Å². The molecule has 2 aliphatic rings. The van der Waals surface area contributed by atoms with E-state index in [9.17, 15) is 12.8 Å². The molecule has 0 amide bonds. The van der Waals surface area contributed by atoms with Crippen molar-refractivity contribution in [2.24, 2.45) is 4.99 Å². The number of thioether (sulfide) groups is 1. The van der Waals surface area contributed by atoms with E-state index in [0.29, 0.717) is 31.7 Å². The molecule has 0 bridgehead atoms. The predicted molar refractivity (Wildman–Crippen MR) is 115 cm³/mol. The fraction of sp³-hybridized carbons (Fsp3) is 0.278. The molecular formula is C18H14Cl3FN2O2S2. The number of benzene rings is 2. The highest BCUT2D eigenvalue weighted by atomic mass is 35.5. The highest BCUT2D eigenvalue weighted by molar-refractivity contribution is 8.13. The third-order valence-electron chi connectivity index (χ3n) is 4.60. The van der Waals surface area contributed by atoms with Gasteiger partial charge in [0.25, 0.3) is 0 Å². The SMILES string of the molecule is O=S1(=O)C[C@H]2N=C(SCc3ccc(F)cc3Cl)N(c3cc(Cl)cc(Cl)c3)[C@H]2C1. The van der Waals surface area contributed by atoms with E-state index in [4.69, 9.17) is 34.8 Å². The Kier molecular flexibility index (Phi) is 5.57. The lowest BCUT2D eigenvalue weighted by molar-refractivity contribution is 0.601. The molecule has 0 unspecified atom stereocenters. The van der Waals surface area contributed by atoms with Gasteiger partial charge in [-0.3, -0.25) is 4.99 Å². The van der Waals surface area contributed by atoms with Crippen molar-refractivity contribution in [3.05, 3.63) is 62.8 Å². The standard InChI is InChI=1S/C18H14Cl3FN2O2S2/c19-11-3-12(20)5-14(4-11)24-17-9-28(25,26)8-16(17)23-18(24)27-7-10-1-2-13(22)6-15(10)21/h1-6,16-17H,7-9H2/t16-,17+/m1/s1. The summed E-state index contributed by atoms with van der Waals surface area (Å²) >= 11 is 19.8. The largest absolute Gasteiger partial charge is 0.315 e. The van der Waals surface area contributed by atoms with Gasteiger partial charge in [0.2, 0.25) is 0 Å². The van der Waals surface area contributed by atoms with E-state index >= 15 is 0 Å². The maximum Gasteiger partial charge on any atom is 0.164 e. The maximum atomic E-state index is 13.3. The summed E-state index contributed by atoms with van der Waals surface area (Å²) in [5.74, 6) is 0.109. The normalized spacial score (nSPS) is 23.0. The molecule has 0 saturated carbocycles. The zero-order chi connectivity index (χ0) is 20.1. The molecule has 2 aromatic rings. The lowest BCUT2D eigenvalue weighted by Crippen LogP contribution is -2.39. The van der Waals surface area contributed by atoms with E-state index in [2.05, 4.69) is 4.99 Å². The second-order valence-electron chi connectivity index (χ2n) is 6.65. The van der Waals surface area contributed by atoms with Crippen molar-refractivity contribution < 1.29 is 12.8 Å². The molecule has 1 fully saturated rings. The Hall–Kier alpha value is -0.990. The third kappa shape index (κ3) is 4.14. The fourth-order valence-electron chi connectivity index (χ4n) is 3.39. The van der Waals surface area contributed by atoms with Gasteiger partial charge in [-0.1, -0.05) is 52.6 Å². The summed E-state index contributed by atoms with van der Waals surface area (Å²) in [5.41, 5.74) is 1.46. The van der Waals surface area contributed by atoms with Crippen molar-refractivity contribution in [3.63, 3.8) is 0 Å². The quantitative estimate of drug-likeness (QED) is 0.617. The summed E-state index contributed by atoms with van der Waals surface area (Å²) in [7, 11) is -3.16. The number of amidine groups is 1. The van der Waals surface area contributed by atoms with E-state index in [-0.39, 0.29) is 23.6 Å². The van der Waals surface area contributed by atoms with Gasteiger partial charge in [-0.2, -0.15) is 0 Å². The molecule has 4 nitrogen and oxygen atoms in total. The second-order valence-corrected chi connectivity index (χ2v) is 11.0. The van der Waals surface area contributed by atoms with Gasteiger partial charge in [0.05, 0.1) is 23.6 Å². The summed E-state index contributed by atoms with van der Waals surface area (Å²) < 4.78 is 37.5. The van der Waals surface area contributed by atoms with Crippen molar-refractivity contribution in [1.82, 2.24) is 0 Å². The fourth-order valence-corrected chi connectivity index (χ4v) is 7.19. The molecule has 10 heteroatoms. The summed E-state index contributed by atoms with van der Waals surface area (Å²) in [5, 5.41) is 1.92. The number of hydrogen-bond acceptors (Lipinski definition) is 5. The number of hydrogen-bond donors (Lipinski definition) is 0. The molecule has 148 valence electrons. The number of aliphatic imine (C=N–C) groups is 1. The van der Waals surface area contributed by atoms with Crippen molar-refractivity contribution in [1.29, 1.82) is 0 Å². The van der Waals surface area contributed by atoms with Gasteiger partial charge in [0.1, 0.15) is 5.82 Å². The Bertz CT molecular complexity index is 1060. The van der Waals surface area contributed by atoms with Gasteiger partial charge < -0.3 is 4.90 Å². The monoisotopic (exact) mass is 478 g/mol. The third-order valence-corrected chi connectivity index (χ3v) is 8.11. The summed E-state index contributed by atoms with van der Waals surface area (Å²) in [6.45, 7) is 0. The molecule has 1 saturated heterocycles. The molecule has 2 aliphatic heterocycles. The van der Waals surface area contributed by atoms with Crippen LogP contribution in [0.2, 0.25) is 15.1 Å². The van der Waals surface area contributed by atoms with Crippen LogP contribution in [0.4, 0.5) is 10.1 Å². The number of nitrogens with zero attached hydrogens (tertiary/aromatic N) is 2. The minimum Gasteiger partial charge on any atom is -0.315 e. The van der Waals surface area contributed by atoms with Gasteiger partial charge >= 0.3 is 0 Å². The number of sulfone groups is 1. The van der Waals surface area contributed by atoms with Crippen molar-refractivity contribution in [3.8, 4) is 0 Å². The van der Waals surface area contributed by atoms with Crippen LogP contribution in [0.3, 0.4) is 0 Å². The molecule has 2 aromatic carbocycles. The van der Waals surface area contributed by atoms with Crippen LogP contribution in [-0.2, 0) is 15.6 Å². The molecule has 28 heavy (non-hydrogen) atoms. The van der Waals surface area contributed by atoms with Gasteiger partial charge in [0, 0.05) is 26.5 Å². The number of rotatable bonds is 3. The molecule has 0 radical (unpaired) electrons. The predicted octanol–water partition coefficient (Wildman–Crippen LogP) is 5.06. The average molecular weight is 480 g/mol. The molecule has 0 N–H and O–H groups in total. The average Bonchev–Trinajstić information content (AvgIpc) is 3.04. The Morgan fingerprint density at radius 1 is 1.11 bits per heavy atom. The molecule has 0 spiro atoms. The van der Waals surface area contributed by atoms with Gasteiger partial charge in [-0.25, -0.2) is 12.8 Å². The number of halogens is 4. The first-order valence-corrected chi connectivity index (χ1v) is 12.3. The Morgan fingerprint density at radius 3 is 2.50 bits per heavy atom. The highest BCUT2D eigenvalue weighted by Gasteiger charge is 2.47. The zero-order valence-electron chi connectivity index (χ0n) is 14.3. The van der Waals surface area contributed by atoms with E-state index in [1.54, 1.807) is 24.3 Å². The van der Waals surface area contributed by atoms with Crippen LogP contribution in [0, 0.1) is 5.82 Å². The van der Waals surface area contributed by atoms with Gasteiger partial charge in [-0.05, 0) is 35.9 Å². The number of fused-ring (bicyclic) bond motifs is 1. The summed E-state index contributed by atoms with van der Waals surface area (Å²) in [4.78, 5) is 6.53.